The van der Waals surface area contributed by atoms with Crippen LogP contribution < -0.4 is 0 Å². The first-order valence-corrected chi connectivity index (χ1v) is 3.85. The molecule has 0 radical (unpaired) electrons. The molecule has 0 bridgehead atoms. The zero-order valence-corrected chi connectivity index (χ0v) is 6.76. The summed E-state index contributed by atoms with van der Waals surface area (Å²) in [4.78, 5) is 0. The molecule has 0 heterocycles. The van der Waals surface area contributed by atoms with Crippen LogP contribution in [-0.4, -0.2) is 18.7 Å². The fourth-order valence-corrected chi connectivity index (χ4v) is 1.31. The molecule has 0 aromatic rings. The molecule has 0 aromatic heterocycles. The van der Waals surface area contributed by atoms with Crippen molar-refractivity contribution in [3.63, 3.8) is 0 Å². The highest BCUT2D eigenvalue weighted by Crippen LogP contribution is 2.22. The largest absolute Gasteiger partial charge is 0.628 e. The third-order valence-electron chi connectivity index (χ3n) is 1.96. The highest BCUT2D eigenvalue weighted by atomic mass is 16.5. The fraction of sp³-hybridized carbons (Fsp3) is 0.750. The van der Waals surface area contributed by atoms with Gasteiger partial charge in [-0.3, -0.25) is 0 Å². The van der Waals surface area contributed by atoms with Gasteiger partial charge in [0.15, 0.2) is 0 Å². The summed E-state index contributed by atoms with van der Waals surface area (Å²) in [5.41, 5.74) is 1.05. The molecular weight excluding hydrogens is 126 g/mol. The Morgan fingerprint density at radius 3 is 2.40 bits per heavy atom. The van der Waals surface area contributed by atoms with Crippen LogP contribution >= 0.6 is 0 Å². The van der Waals surface area contributed by atoms with Gasteiger partial charge < -0.3 is 9.85 Å². The number of nitrogens with zero attached hydrogens (tertiary/aromatic N) is 1. The minimum atomic E-state index is -0.222. The van der Waals surface area contributed by atoms with Crippen LogP contribution in [0.1, 0.15) is 25.7 Å². The van der Waals surface area contributed by atoms with E-state index < -0.39 is 0 Å². The second-order valence-corrected chi connectivity index (χ2v) is 3.29. The lowest BCUT2D eigenvalue weighted by Gasteiger charge is -2.36. The zero-order valence-electron chi connectivity index (χ0n) is 6.76. The lowest BCUT2D eigenvalue weighted by molar-refractivity contribution is -0.801. The summed E-state index contributed by atoms with van der Waals surface area (Å²) in [6.45, 7) is 0. The molecule has 2 nitrogen and oxygen atoms in total. The lowest BCUT2D eigenvalue weighted by Crippen LogP contribution is -2.31. The first-order valence-electron chi connectivity index (χ1n) is 3.85. The van der Waals surface area contributed by atoms with Crippen molar-refractivity contribution in [2.75, 3.05) is 14.1 Å². The Bertz CT molecular complexity index is 144. The summed E-state index contributed by atoms with van der Waals surface area (Å²) in [5, 5.41) is 11.3. The zero-order chi connectivity index (χ0) is 7.61. The predicted molar refractivity (Wildman–Crippen MR) is 42.0 cm³/mol. The van der Waals surface area contributed by atoms with Gasteiger partial charge in [0.25, 0.3) is 0 Å². The second kappa shape index (κ2) is 2.72. The van der Waals surface area contributed by atoms with E-state index in [1.807, 2.05) is 0 Å². The Kier molecular flexibility index (Phi) is 2.11. The average Bonchev–Trinajstić information content (AvgIpc) is 1.88. The third-order valence-corrected chi connectivity index (χ3v) is 1.96. The van der Waals surface area contributed by atoms with Crippen molar-refractivity contribution in [2.24, 2.45) is 0 Å². The first-order chi connectivity index (χ1) is 4.61. The van der Waals surface area contributed by atoms with E-state index in [9.17, 15) is 5.21 Å². The molecule has 0 N–H and O–H groups in total. The maximum Gasteiger partial charge on any atom is 0.104 e. The maximum absolute atomic E-state index is 11.3. The number of hydrogen-bond donors (Lipinski definition) is 0. The van der Waals surface area contributed by atoms with Crippen molar-refractivity contribution in [1.29, 1.82) is 0 Å². The molecule has 58 valence electrons. The van der Waals surface area contributed by atoms with Gasteiger partial charge in [0, 0.05) is 6.42 Å². The van der Waals surface area contributed by atoms with Gasteiger partial charge >= 0.3 is 0 Å². The van der Waals surface area contributed by atoms with Gasteiger partial charge in [-0.1, -0.05) is 0 Å². The molecule has 0 saturated heterocycles. The van der Waals surface area contributed by atoms with Crippen LogP contribution in [0.2, 0.25) is 0 Å². The summed E-state index contributed by atoms with van der Waals surface area (Å²) in [6.07, 6.45) is 6.63. The fourth-order valence-electron chi connectivity index (χ4n) is 1.31. The third kappa shape index (κ3) is 1.82. The van der Waals surface area contributed by atoms with E-state index in [0.29, 0.717) is 0 Å². The Hall–Kier alpha value is -0.340. The normalized spacial score (nSPS) is 20.5. The average molecular weight is 141 g/mol. The molecule has 0 amide bonds. The molecule has 2 heteroatoms. The van der Waals surface area contributed by atoms with Gasteiger partial charge in [0.2, 0.25) is 0 Å². The topological polar surface area (TPSA) is 23.1 Å². The van der Waals surface area contributed by atoms with Crippen LogP contribution in [0.3, 0.4) is 0 Å². The SMILES string of the molecule is C[N+](C)([O-])C1=CCCCC1. The molecule has 0 fully saturated rings. The molecule has 0 spiro atoms. The van der Waals surface area contributed by atoms with Crippen molar-refractivity contribution in [1.82, 2.24) is 0 Å². The quantitative estimate of drug-likeness (QED) is 0.404. The number of hydroxylamine groups is 3. The highest BCUT2D eigenvalue weighted by Gasteiger charge is 2.13. The van der Waals surface area contributed by atoms with E-state index in [-0.39, 0.29) is 4.65 Å². The minimum Gasteiger partial charge on any atom is -0.628 e. The van der Waals surface area contributed by atoms with E-state index >= 15 is 0 Å². The van der Waals surface area contributed by atoms with Crippen LogP contribution in [0.15, 0.2) is 11.8 Å². The van der Waals surface area contributed by atoms with Gasteiger partial charge in [-0.05, 0) is 25.3 Å². The molecular formula is C8H15NO. The van der Waals surface area contributed by atoms with E-state index in [4.69, 9.17) is 0 Å². The number of rotatable bonds is 1. The van der Waals surface area contributed by atoms with E-state index in [1.165, 1.54) is 12.8 Å². The summed E-state index contributed by atoms with van der Waals surface area (Å²) < 4.78 is -0.222. The monoisotopic (exact) mass is 141 g/mol. The molecule has 0 saturated carbocycles. The number of hydrogen-bond acceptors (Lipinski definition) is 1. The van der Waals surface area contributed by atoms with Crippen molar-refractivity contribution in [3.8, 4) is 0 Å². The predicted octanol–water partition coefficient (Wildman–Crippen LogP) is 2.02. The smallest absolute Gasteiger partial charge is 0.104 e. The lowest BCUT2D eigenvalue weighted by atomic mass is 10.0. The molecule has 0 aliphatic heterocycles. The second-order valence-electron chi connectivity index (χ2n) is 3.29. The van der Waals surface area contributed by atoms with Gasteiger partial charge in [-0.25, -0.2) is 0 Å². The Labute approximate surface area is 62.3 Å². The van der Waals surface area contributed by atoms with Gasteiger partial charge in [-0.15, -0.1) is 0 Å². The van der Waals surface area contributed by atoms with Crippen LogP contribution in [0.5, 0.6) is 0 Å². The van der Waals surface area contributed by atoms with Crippen molar-refractivity contribution >= 4 is 0 Å². The van der Waals surface area contributed by atoms with Crippen molar-refractivity contribution in [2.45, 2.75) is 25.7 Å². The van der Waals surface area contributed by atoms with Gasteiger partial charge in [-0.2, -0.15) is 0 Å². The van der Waals surface area contributed by atoms with Crippen LogP contribution in [-0.2, 0) is 0 Å². The van der Waals surface area contributed by atoms with Crippen molar-refractivity contribution < 1.29 is 4.65 Å². The Morgan fingerprint density at radius 1 is 1.40 bits per heavy atom. The van der Waals surface area contributed by atoms with E-state index in [1.54, 1.807) is 14.1 Å². The van der Waals surface area contributed by atoms with Gasteiger partial charge in [0.1, 0.15) is 5.70 Å². The number of allylic oxidation sites excluding steroid dienone is 2. The molecule has 0 aromatic carbocycles. The Balaban J connectivity index is 2.62. The summed E-state index contributed by atoms with van der Waals surface area (Å²) in [5.74, 6) is 0. The van der Waals surface area contributed by atoms with Gasteiger partial charge in [0.05, 0.1) is 14.1 Å². The highest BCUT2D eigenvalue weighted by molar-refractivity contribution is 4.96. The van der Waals surface area contributed by atoms with Crippen LogP contribution in [0.25, 0.3) is 0 Å². The molecule has 1 rings (SSSR count). The maximum atomic E-state index is 11.3. The van der Waals surface area contributed by atoms with E-state index in [0.717, 1.165) is 18.5 Å². The first kappa shape index (κ1) is 7.76. The minimum absolute atomic E-state index is 0.222. The molecule has 10 heavy (non-hydrogen) atoms. The molecule has 1 aliphatic carbocycles. The summed E-state index contributed by atoms with van der Waals surface area (Å²) in [7, 11) is 3.38. The number of quaternary nitrogens is 1. The van der Waals surface area contributed by atoms with E-state index in [2.05, 4.69) is 6.08 Å². The standard InChI is InChI=1S/C8H15NO/c1-9(2,10)8-6-4-3-5-7-8/h6H,3-5,7H2,1-2H3. The molecule has 0 unspecified atom stereocenters. The molecule has 0 atom stereocenters. The summed E-state index contributed by atoms with van der Waals surface area (Å²) in [6, 6.07) is 0. The van der Waals surface area contributed by atoms with Crippen molar-refractivity contribution in [3.05, 3.63) is 17.0 Å². The van der Waals surface area contributed by atoms with Crippen LogP contribution in [0, 0.1) is 5.21 Å². The molecule has 1 aliphatic rings. The Morgan fingerprint density at radius 2 is 2.10 bits per heavy atom. The van der Waals surface area contributed by atoms with Crippen LogP contribution in [0.4, 0.5) is 0 Å². The summed E-state index contributed by atoms with van der Waals surface area (Å²) >= 11 is 0.